The molecule has 1 aromatic rings. The fourth-order valence-electron chi connectivity index (χ4n) is 3.13. The second-order valence-electron chi connectivity index (χ2n) is 6.11. The summed E-state index contributed by atoms with van der Waals surface area (Å²) in [7, 11) is 0. The molecule has 2 aliphatic heterocycles. The fourth-order valence-corrected chi connectivity index (χ4v) is 3.13. The van der Waals surface area contributed by atoms with Crippen LogP contribution in [0.3, 0.4) is 0 Å². The zero-order valence-corrected chi connectivity index (χ0v) is 16.1. The van der Waals surface area contributed by atoms with Gasteiger partial charge in [0.05, 0.1) is 12.7 Å². The van der Waals surface area contributed by atoms with Crippen molar-refractivity contribution in [1.82, 2.24) is 19.7 Å². The molecule has 23 heavy (non-hydrogen) atoms. The SMILES string of the molecule is CC1CN(C(N)=NCCc2nnc3n2CCCCC3)CCO1.I. The lowest BCUT2D eigenvalue weighted by Gasteiger charge is -2.31. The molecule has 0 radical (unpaired) electrons. The highest BCUT2D eigenvalue weighted by Crippen LogP contribution is 2.14. The van der Waals surface area contributed by atoms with Gasteiger partial charge >= 0.3 is 0 Å². The number of fused-ring (bicyclic) bond motifs is 1. The quantitative estimate of drug-likeness (QED) is 0.439. The molecule has 3 rings (SSSR count). The molecule has 1 unspecified atom stereocenters. The molecule has 2 aliphatic rings. The summed E-state index contributed by atoms with van der Waals surface area (Å²) in [6.07, 6.45) is 5.78. The zero-order chi connectivity index (χ0) is 15.4. The Morgan fingerprint density at radius 2 is 2.17 bits per heavy atom. The topological polar surface area (TPSA) is 81.6 Å². The van der Waals surface area contributed by atoms with Gasteiger partial charge in [0.15, 0.2) is 5.96 Å². The first kappa shape index (κ1) is 18.4. The van der Waals surface area contributed by atoms with Gasteiger partial charge in [-0.3, -0.25) is 4.99 Å². The van der Waals surface area contributed by atoms with E-state index in [4.69, 9.17) is 10.5 Å². The molecule has 1 aromatic heterocycles. The molecule has 0 bridgehead atoms. The van der Waals surface area contributed by atoms with Crippen LogP contribution in [0.1, 0.15) is 37.8 Å². The molecule has 8 heteroatoms. The minimum atomic E-state index is 0. The van der Waals surface area contributed by atoms with Crippen LogP contribution in [-0.2, 0) is 24.1 Å². The highest BCUT2D eigenvalue weighted by Gasteiger charge is 2.18. The Hall–Kier alpha value is -0.900. The van der Waals surface area contributed by atoms with E-state index in [1.54, 1.807) is 0 Å². The maximum absolute atomic E-state index is 6.09. The standard InChI is InChI=1S/C15H26N6O.HI/c1-12-11-20(9-10-22-12)15(16)17-7-6-14-19-18-13-5-3-2-4-8-21(13)14;/h12H,2-11H2,1H3,(H2,16,17);1H. The van der Waals surface area contributed by atoms with Gasteiger partial charge in [-0.25, -0.2) is 0 Å². The number of ether oxygens (including phenoxy) is 1. The number of nitrogens with two attached hydrogens (primary N) is 1. The van der Waals surface area contributed by atoms with E-state index in [0.717, 1.165) is 50.7 Å². The molecule has 0 amide bonds. The van der Waals surface area contributed by atoms with Gasteiger partial charge in [-0.2, -0.15) is 0 Å². The number of aromatic nitrogens is 3. The fraction of sp³-hybridized carbons (Fsp3) is 0.800. The van der Waals surface area contributed by atoms with Crippen LogP contribution in [0, 0.1) is 0 Å². The van der Waals surface area contributed by atoms with Crippen molar-refractivity contribution in [3.8, 4) is 0 Å². The third kappa shape index (κ3) is 4.79. The first-order valence-corrected chi connectivity index (χ1v) is 8.31. The van der Waals surface area contributed by atoms with Crippen LogP contribution in [0.15, 0.2) is 4.99 Å². The third-order valence-corrected chi connectivity index (χ3v) is 4.36. The minimum absolute atomic E-state index is 0. The van der Waals surface area contributed by atoms with E-state index in [1.807, 2.05) is 0 Å². The monoisotopic (exact) mass is 434 g/mol. The van der Waals surface area contributed by atoms with Crippen LogP contribution < -0.4 is 5.73 Å². The van der Waals surface area contributed by atoms with Gasteiger partial charge in [-0.1, -0.05) is 6.42 Å². The van der Waals surface area contributed by atoms with E-state index in [1.165, 1.54) is 19.3 Å². The summed E-state index contributed by atoms with van der Waals surface area (Å²) in [6, 6.07) is 0. The maximum atomic E-state index is 6.09. The summed E-state index contributed by atoms with van der Waals surface area (Å²) < 4.78 is 7.80. The van der Waals surface area contributed by atoms with Crippen molar-refractivity contribution in [2.24, 2.45) is 10.7 Å². The van der Waals surface area contributed by atoms with E-state index in [-0.39, 0.29) is 30.1 Å². The lowest BCUT2D eigenvalue weighted by Crippen LogP contribution is -2.48. The largest absolute Gasteiger partial charge is 0.375 e. The van der Waals surface area contributed by atoms with Crippen LogP contribution >= 0.6 is 24.0 Å². The molecule has 1 fully saturated rings. The van der Waals surface area contributed by atoms with E-state index < -0.39 is 0 Å². The zero-order valence-electron chi connectivity index (χ0n) is 13.8. The van der Waals surface area contributed by atoms with Crippen LogP contribution in [-0.4, -0.2) is 58.0 Å². The average Bonchev–Trinajstić information content (AvgIpc) is 2.75. The van der Waals surface area contributed by atoms with Crippen molar-refractivity contribution in [2.75, 3.05) is 26.2 Å². The summed E-state index contributed by atoms with van der Waals surface area (Å²) >= 11 is 0. The molecule has 0 aromatic carbocycles. The van der Waals surface area contributed by atoms with Crippen molar-refractivity contribution in [3.63, 3.8) is 0 Å². The van der Waals surface area contributed by atoms with Crippen molar-refractivity contribution >= 4 is 29.9 Å². The summed E-state index contributed by atoms with van der Waals surface area (Å²) in [5.74, 6) is 2.79. The number of halogens is 1. The Bertz CT molecular complexity index is 532. The molecule has 0 aliphatic carbocycles. The molecule has 7 nitrogen and oxygen atoms in total. The lowest BCUT2D eigenvalue weighted by atomic mass is 10.2. The highest BCUT2D eigenvalue weighted by molar-refractivity contribution is 14.0. The maximum Gasteiger partial charge on any atom is 0.191 e. The van der Waals surface area contributed by atoms with Gasteiger partial charge in [0.2, 0.25) is 0 Å². The first-order chi connectivity index (χ1) is 10.7. The number of rotatable bonds is 3. The molecule has 0 saturated carbocycles. The molecule has 1 saturated heterocycles. The van der Waals surface area contributed by atoms with E-state index in [2.05, 4.69) is 31.6 Å². The highest BCUT2D eigenvalue weighted by atomic mass is 127. The summed E-state index contributed by atoms with van der Waals surface area (Å²) in [4.78, 5) is 6.61. The smallest absolute Gasteiger partial charge is 0.191 e. The Morgan fingerprint density at radius 3 is 3.00 bits per heavy atom. The molecular weight excluding hydrogens is 407 g/mol. The minimum Gasteiger partial charge on any atom is -0.375 e. The number of nitrogens with zero attached hydrogens (tertiary/aromatic N) is 5. The predicted molar refractivity (Wildman–Crippen MR) is 100 cm³/mol. The van der Waals surface area contributed by atoms with E-state index in [0.29, 0.717) is 12.5 Å². The molecule has 2 N–H and O–H groups in total. The van der Waals surface area contributed by atoms with Crippen molar-refractivity contribution in [2.45, 2.75) is 51.7 Å². The number of hydrogen-bond donors (Lipinski definition) is 1. The number of aliphatic imine (C=N–C) groups is 1. The number of hydrogen-bond acceptors (Lipinski definition) is 4. The lowest BCUT2D eigenvalue weighted by molar-refractivity contribution is 0.00530. The summed E-state index contributed by atoms with van der Waals surface area (Å²) in [5, 5.41) is 8.65. The van der Waals surface area contributed by atoms with Crippen LogP contribution in [0.5, 0.6) is 0 Å². The molecular formula is C15H27IN6O. The number of aryl methyl sites for hydroxylation is 1. The second kappa shape index (κ2) is 8.81. The molecule has 0 spiro atoms. The number of morpholine rings is 1. The van der Waals surface area contributed by atoms with Gasteiger partial charge < -0.3 is 19.9 Å². The van der Waals surface area contributed by atoms with E-state index >= 15 is 0 Å². The summed E-state index contributed by atoms with van der Waals surface area (Å²) in [6.45, 7) is 6.11. The Kier molecular flexibility index (Phi) is 7.07. The molecule has 130 valence electrons. The van der Waals surface area contributed by atoms with Crippen molar-refractivity contribution < 1.29 is 4.74 Å². The Labute approximate surface area is 154 Å². The van der Waals surface area contributed by atoms with Crippen LogP contribution in [0.25, 0.3) is 0 Å². The molecule has 3 heterocycles. The first-order valence-electron chi connectivity index (χ1n) is 8.31. The Balaban J connectivity index is 0.00000192. The van der Waals surface area contributed by atoms with Crippen molar-refractivity contribution in [3.05, 3.63) is 11.6 Å². The van der Waals surface area contributed by atoms with Gasteiger partial charge in [0.25, 0.3) is 0 Å². The van der Waals surface area contributed by atoms with Gasteiger partial charge in [0, 0.05) is 39.0 Å². The van der Waals surface area contributed by atoms with Gasteiger partial charge in [0.1, 0.15) is 11.6 Å². The summed E-state index contributed by atoms with van der Waals surface area (Å²) in [5.41, 5.74) is 6.09. The van der Waals surface area contributed by atoms with Crippen molar-refractivity contribution in [1.29, 1.82) is 0 Å². The van der Waals surface area contributed by atoms with Gasteiger partial charge in [-0.05, 0) is 19.8 Å². The van der Waals surface area contributed by atoms with Crippen LogP contribution in [0.4, 0.5) is 0 Å². The normalized spacial score (nSPS) is 22.2. The van der Waals surface area contributed by atoms with Crippen LogP contribution in [0.2, 0.25) is 0 Å². The Morgan fingerprint density at radius 1 is 1.30 bits per heavy atom. The predicted octanol–water partition coefficient (Wildman–Crippen LogP) is 1.20. The van der Waals surface area contributed by atoms with E-state index in [9.17, 15) is 0 Å². The van der Waals surface area contributed by atoms with Gasteiger partial charge in [-0.15, -0.1) is 34.2 Å². The second-order valence-corrected chi connectivity index (χ2v) is 6.11. The number of guanidine groups is 1. The molecule has 1 atom stereocenters. The third-order valence-electron chi connectivity index (χ3n) is 4.36. The average molecular weight is 434 g/mol.